The Morgan fingerprint density at radius 1 is 1.44 bits per heavy atom. The zero-order valence-electron chi connectivity index (χ0n) is 10.1. The Balaban J connectivity index is 1.94. The van der Waals surface area contributed by atoms with Gasteiger partial charge in [0.2, 0.25) is 0 Å². The molecule has 1 fully saturated rings. The number of hydrogen-bond donors (Lipinski definition) is 1. The van der Waals surface area contributed by atoms with Gasteiger partial charge in [0.15, 0.2) is 0 Å². The molecular formula is C13H21NOS. The maximum absolute atomic E-state index is 10.6. The van der Waals surface area contributed by atoms with Gasteiger partial charge in [-0.15, -0.1) is 0 Å². The molecule has 0 radical (unpaired) electrons. The average Bonchev–Trinajstić information content (AvgIpc) is 2.75. The fourth-order valence-electron chi connectivity index (χ4n) is 2.44. The highest BCUT2D eigenvalue weighted by Gasteiger charge is 2.34. The first-order valence-corrected chi connectivity index (χ1v) is 7.02. The van der Waals surface area contributed by atoms with E-state index < -0.39 is 5.60 Å². The Hall–Kier alpha value is -0.380. The fraction of sp³-hybridized carbons (Fsp3) is 0.692. The van der Waals surface area contributed by atoms with Gasteiger partial charge in [0, 0.05) is 19.6 Å². The van der Waals surface area contributed by atoms with Gasteiger partial charge in [-0.3, -0.25) is 0 Å². The lowest BCUT2D eigenvalue weighted by Crippen LogP contribution is -2.43. The number of rotatable bonds is 3. The monoisotopic (exact) mass is 239 g/mol. The smallest absolute Gasteiger partial charge is 0.0928 e. The molecule has 1 aromatic heterocycles. The lowest BCUT2D eigenvalue weighted by molar-refractivity contribution is -0.0276. The first-order valence-electron chi connectivity index (χ1n) is 6.07. The molecule has 2 rings (SSSR count). The van der Waals surface area contributed by atoms with Gasteiger partial charge in [0.25, 0.3) is 0 Å². The van der Waals surface area contributed by atoms with Crippen LogP contribution >= 0.6 is 11.3 Å². The van der Waals surface area contributed by atoms with Crippen molar-refractivity contribution < 1.29 is 5.11 Å². The minimum Gasteiger partial charge on any atom is -0.385 e. The standard InChI is InChI=1S/C13H21NOS/c1-11(2)9-14-6-4-13(15,5-7-14)12-3-8-16-10-12/h3,8,10-11,15H,4-7,9H2,1-2H3. The maximum Gasteiger partial charge on any atom is 0.0928 e. The molecular weight excluding hydrogens is 218 g/mol. The number of piperidine rings is 1. The summed E-state index contributed by atoms with van der Waals surface area (Å²) < 4.78 is 0. The van der Waals surface area contributed by atoms with Crippen LogP contribution in [0.3, 0.4) is 0 Å². The molecule has 90 valence electrons. The molecule has 2 heterocycles. The Labute approximate surface area is 102 Å². The molecule has 0 bridgehead atoms. The minimum atomic E-state index is -0.562. The van der Waals surface area contributed by atoms with Crippen molar-refractivity contribution in [3.05, 3.63) is 22.4 Å². The SMILES string of the molecule is CC(C)CN1CCC(O)(c2ccsc2)CC1. The van der Waals surface area contributed by atoms with Gasteiger partial charge in [0.05, 0.1) is 5.60 Å². The third kappa shape index (κ3) is 2.65. The van der Waals surface area contributed by atoms with E-state index in [0.717, 1.165) is 38.0 Å². The van der Waals surface area contributed by atoms with Crippen molar-refractivity contribution in [2.75, 3.05) is 19.6 Å². The van der Waals surface area contributed by atoms with Crippen LogP contribution in [0.25, 0.3) is 0 Å². The van der Waals surface area contributed by atoms with E-state index in [0.29, 0.717) is 5.92 Å². The number of hydrogen-bond acceptors (Lipinski definition) is 3. The van der Waals surface area contributed by atoms with Gasteiger partial charge >= 0.3 is 0 Å². The molecule has 1 aliphatic heterocycles. The summed E-state index contributed by atoms with van der Waals surface area (Å²) in [6.45, 7) is 7.69. The lowest BCUT2D eigenvalue weighted by Gasteiger charge is -2.38. The minimum absolute atomic E-state index is 0.562. The first kappa shape index (κ1) is 12.1. The molecule has 0 aromatic carbocycles. The third-order valence-electron chi connectivity index (χ3n) is 3.37. The zero-order chi connectivity index (χ0) is 11.6. The fourth-order valence-corrected chi connectivity index (χ4v) is 3.19. The molecule has 0 unspecified atom stereocenters. The number of aliphatic hydroxyl groups is 1. The van der Waals surface area contributed by atoms with Crippen LogP contribution in [-0.4, -0.2) is 29.6 Å². The van der Waals surface area contributed by atoms with E-state index in [1.54, 1.807) is 11.3 Å². The van der Waals surface area contributed by atoms with E-state index in [1.165, 1.54) is 0 Å². The summed E-state index contributed by atoms with van der Waals surface area (Å²) in [7, 11) is 0. The predicted octanol–water partition coefficient (Wildman–Crippen LogP) is 2.69. The third-order valence-corrected chi connectivity index (χ3v) is 4.05. The predicted molar refractivity (Wildman–Crippen MR) is 68.7 cm³/mol. The van der Waals surface area contributed by atoms with Crippen LogP contribution in [-0.2, 0) is 5.60 Å². The van der Waals surface area contributed by atoms with Crippen LogP contribution < -0.4 is 0 Å². The van der Waals surface area contributed by atoms with E-state index in [2.05, 4.69) is 30.2 Å². The second-order valence-corrected chi connectivity index (χ2v) is 6.02. The molecule has 3 heteroatoms. The molecule has 0 saturated carbocycles. The van der Waals surface area contributed by atoms with E-state index in [1.807, 2.05) is 5.38 Å². The van der Waals surface area contributed by atoms with Crippen LogP contribution in [0.5, 0.6) is 0 Å². The van der Waals surface area contributed by atoms with Crippen LogP contribution in [0.4, 0.5) is 0 Å². The van der Waals surface area contributed by atoms with Crippen molar-refractivity contribution >= 4 is 11.3 Å². The first-order chi connectivity index (χ1) is 7.60. The van der Waals surface area contributed by atoms with Gasteiger partial charge < -0.3 is 10.0 Å². The van der Waals surface area contributed by atoms with E-state index in [4.69, 9.17) is 0 Å². The molecule has 0 aliphatic carbocycles. The Kier molecular flexibility index (Phi) is 3.67. The molecule has 1 aromatic rings. The molecule has 0 spiro atoms. The van der Waals surface area contributed by atoms with Crippen LogP contribution in [0.15, 0.2) is 16.8 Å². The van der Waals surface area contributed by atoms with Crippen molar-refractivity contribution in [2.24, 2.45) is 5.92 Å². The van der Waals surface area contributed by atoms with Gasteiger partial charge in [0.1, 0.15) is 0 Å². The molecule has 0 amide bonds. The Bertz CT molecular complexity index is 313. The van der Waals surface area contributed by atoms with Crippen molar-refractivity contribution in [1.82, 2.24) is 4.90 Å². The second kappa shape index (κ2) is 4.86. The summed E-state index contributed by atoms with van der Waals surface area (Å²) in [6.07, 6.45) is 1.74. The second-order valence-electron chi connectivity index (χ2n) is 5.24. The molecule has 16 heavy (non-hydrogen) atoms. The van der Waals surface area contributed by atoms with Gasteiger partial charge in [-0.2, -0.15) is 11.3 Å². The highest BCUT2D eigenvalue weighted by molar-refractivity contribution is 7.08. The molecule has 0 atom stereocenters. The zero-order valence-corrected chi connectivity index (χ0v) is 11.0. The van der Waals surface area contributed by atoms with Crippen molar-refractivity contribution in [2.45, 2.75) is 32.3 Å². The summed E-state index contributed by atoms with van der Waals surface area (Å²) in [5.41, 5.74) is 0.551. The van der Waals surface area contributed by atoms with E-state index in [-0.39, 0.29) is 0 Å². The summed E-state index contributed by atoms with van der Waals surface area (Å²) >= 11 is 1.67. The Morgan fingerprint density at radius 3 is 2.62 bits per heavy atom. The largest absolute Gasteiger partial charge is 0.385 e. The van der Waals surface area contributed by atoms with Gasteiger partial charge in [-0.1, -0.05) is 13.8 Å². The number of nitrogens with zero attached hydrogens (tertiary/aromatic N) is 1. The topological polar surface area (TPSA) is 23.5 Å². The molecule has 1 saturated heterocycles. The number of likely N-dealkylation sites (tertiary alicyclic amines) is 1. The van der Waals surface area contributed by atoms with Gasteiger partial charge in [-0.05, 0) is 41.1 Å². The van der Waals surface area contributed by atoms with Crippen molar-refractivity contribution in [3.8, 4) is 0 Å². The van der Waals surface area contributed by atoms with Gasteiger partial charge in [-0.25, -0.2) is 0 Å². The lowest BCUT2D eigenvalue weighted by atomic mass is 9.86. The quantitative estimate of drug-likeness (QED) is 0.876. The highest BCUT2D eigenvalue weighted by Crippen LogP contribution is 2.33. The van der Waals surface area contributed by atoms with Crippen molar-refractivity contribution in [1.29, 1.82) is 0 Å². The summed E-state index contributed by atoms with van der Waals surface area (Å²) in [5.74, 6) is 0.715. The maximum atomic E-state index is 10.6. The van der Waals surface area contributed by atoms with Crippen LogP contribution in [0.2, 0.25) is 0 Å². The van der Waals surface area contributed by atoms with E-state index in [9.17, 15) is 5.11 Å². The Morgan fingerprint density at radius 2 is 2.12 bits per heavy atom. The normalized spacial score (nSPS) is 21.5. The molecule has 2 nitrogen and oxygen atoms in total. The highest BCUT2D eigenvalue weighted by atomic mass is 32.1. The summed E-state index contributed by atoms with van der Waals surface area (Å²) in [5, 5.41) is 14.7. The molecule has 1 N–H and O–H groups in total. The van der Waals surface area contributed by atoms with Crippen LogP contribution in [0.1, 0.15) is 32.3 Å². The van der Waals surface area contributed by atoms with Crippen LogP contribution in [0, 0.1) is 5.92 Å². The summed E-state index contributed by atoms with van der Waals surface area (Å²) in [4.78, 5) is 2.46. The average molecular weight is 239 g/mol. The van der Waals surface area contributed by atoms with E-state index >= 15 is 0 Å². The number of thiophene rings is 1. The summed E-state index contributed by atoms with van der Waals surface area (Å²) in [6, 6.07) is 2.06. The van der Waals surface area contributed by atoms with Crippen molar-refractivity contribution in [3.63, 3.8) is 0 Å². The molecule has 1 aliphatic rings.